The summed E-state index contributed by atoms with van der Waals surface area (Å²) < 4.78 is 6.27. The van der Waals surface area contributed by atoms with Crippen LogP contribution in [0.15, 0.2) is 30.3 Å². The molecule has 112 valence electrons. The predicted octanol–water partition coefficient (Wildman–Crippen LogP) is 4.93. The van der Waals surface area contributed by atoms with Crippen molar-refractivity contribution in [2.45, 2.75) is 45.8 Å². The van der Waals surface area contributed by atoms with E-state index in [1.165, 1.54) is 20.9 Å². The van der Waals surface area contributed by atoms with E-state index in [-0.39, 0.29) is 6.10 Å². The summed E-state index contributed by atoms with van der Waals surface area (Å²) in [6.45, 7) is 7.56. The Labute approximate surface area is 131 Å². The third-order valence-electron chi connectivity index (χ3n) is 3.98. The van der Waals surface area contributed by atoms with Gasteiger partial charge in [-0.3, -0.25) is 0 Å². The van der Waals surface area contributed by atoms with Crippen molar-refractivity contribution in [2.75, 3.05) is 6.54 Å². The quantitative estimate of drug-likeness (QED) is 0.864. The summed E-state index contributed by atoms with van der Waals surface area (Å²) in [6, 6.07) is 11.3. The number of thiophene rings is 1. The summed E-state index contributed by atoms with van der Waals surface area (Å²) in [6.07, 6.45) is 2.34. The normalized spacial score (nSPS) is 20.9. The van der Waals surface area contributed by atoms with Crippen LogP contribution in [-0.4, -0.2) is 6.54 Å². The molecule has 3 rings (SSSR count). The van der Waals surface area contributed by atoms with Gasteiger partial charge in [-0.05, 0) is 45.0 Å². The van der Waals surface area contributed by atoms with Crippen LogP contribution in [0.3, 0.4) is 0 Å². The van der Waals surface area contributed by atoms with Crippen LogP contribution in [0.1, 0.15) is 52.8 Å². The lowest BCUT2D eigenvalue weighted by atomic mass is 9.94. The van der Waals surface area contributed by atoms with Crippen LogP contribution in [-0.2, 0) is 0 Å². The SMILES string of the molecule is CCCNC1CC(c2ccc(C)s2)Oc2ccc(C)cc21. The lowest BCUT2D eigenvalue weighted by Crippen LogP contribution is -2.29. The first-order chi connectivity index (χ1) is 10.2. The van der Waals surface area contributed by atoms with Crippen molar-refractivity contribution in [3.05, 3.63) is 51.2 Å². The van der Waals surface area contributed by atoms with Crippen LogP contribution < -0.4 is 10.1 Å². The number of nitrogens with one attached hydrogen (secondary N) is 1. The van der Waals surface area contributed by atoms with Crippen LogP contribution in [0.5, 0.6) is 5.75 Å². The highest BCUT2D eigenvalue weighted by molar-refractivity contribution is 7.12. The molecule has 1 aromatic carbocycles. The number of fused-ring (bicyclic) bond motifs is 1. The Morgan fingerprint density at radius 1 is 1.24 bits per heavy atom. The second kappa shape index (κ2) is 6.20. The van der Waals surface area contributed by atoms with E-state index in [4.69, 9.17) is 4.74 Å². The number of hydrogen-bond acceptors (Lipinski definition) is 3. The maximum absolute atomic E-state index is 6.27. The van der Waals surface area contributed by atoms with E-state index in [0.717, 1.165) is 25.1 Å². The van der Waals surface area contributed by atoms with Crippen LogP contribution in [0.2, 0.25) is 0 Å². The number of hydrogen-bond donors (Lipinski definition) is 1. The first kappa shape index (κ1) is 14.6. The molecular formula is C18H23NOS. The molecule has 0 aliphatic carbocycles. The Kier molecular flexibility index (Phi) is 4.32. The van der Waals surface area contributed by atoms with Gasteiger partial charge in [-0.2, -0.15) is 0 Å². The molecule has 1 aliphatic heterocycles. The van der Waals surface area contributed by atoms with Gasteiger partial charge in [-0.15, -0.1) is 11.3 Å². The topological polar surface area (TPSA) is 21.3 Å². The fourth-order valence-electron chi connectivity index (χ4n) is 2.90. The van der Waals surface area contributed by atoms with Gasteiger partial charge in [-0.1, -0.05) is 24.6 Å². The molecule has 0 bridgehead atoms. The predicted molar refractivity (Wildman–Crippen MR) is 89.3 cm³/mol. The molecule has 2 nitrogen and oxygen atoms in total. The number of ether oxygens (including phenoxy) is 1. The summed E-state index contributed by atoms with van der Waals surface area (Å²) in [5.74, 6) is 1.04. The van der Waals surface area contributed by atoms with Crippen molar-refractivity contribution < 1.29 is 4.74 Å². The first-order valence-electron chi connectivity index (χ1n) is 7.74. The molecule has 2 heterocycles. The van der Waals surface area contributed by atoms with E-state index in [1.54, 1.807) is 0 Å². The smallest absolute Gasteiger partial charge is 0.135 e. The Bertz CT molecular complexity index is 619. The molecule has 2 aromatic rings. The zero-order valence-corrected chi connectivity index (χ0v) is 13.8. The van der Waals surface area contributed by atoms with Crippen LogP contribution in [0, 0.1) is 13.8 Å². The molecule has 1 N–H and O–H groups in total. The van der Waals surface area contributed by atoms with Crippen LogP contribution in [0.4, 0.5) is 0 Å². The largest absolute Gasteiger partial charge is 0.484 e. The van der Waals surface area contributed by atoms with E-state index >= 15 is 0 Å². The zero-order chi connectivity index (χ0) is 14.8. The van der Waals surface area contributed by atoms with Crippen molar-refractivity contribution >= 4 is 11.3 Å². The minimum absolute atomic E-state index is 0.174. The van der Waals surface area contributed by atoms with E-state index in [1.807, 2.05) is 11.3 Å². The third-order valence-corrected chi connectivity index (χ3v) is 5.07. The fraction of sp³-hybridized carbons (Fsp3) is 0.444. The third kappa shape index (κ3) is 3.14. The summed E-state index contributed by atoms with van der Waals surface area (Å²) in [4.78, 5) is 2.68. The Morgan fingerprint density at radius 3 is 2.81 bits per heavy atom. The number of aryl methyl sites for hydroxylation is 2. The van der Waals surface area contributed by atoms with Crippen molar-refractivity contribution in [3.8, 4) is 5.75 Å². The zero-order valence-electron chi connectivity index (χ0n) is 13.0. The minimum Gasteiger partial charge on any atom is -0.484 e. The van der Waals surface area contributed by atoms with Gasteiger partial charge >= 0.3 is 0 Å². The molecule has 0 spiro atoms. The van der Waals surface area contributed by atoms with Crippen molar-refractivity contribution in [1.29, 1.82) is 0 Å². The van der Waals surface area contributed by atoms with Crippen LogP contribution >= 0.6 is 11.3 Å². The molecule has 0 fully saturated rings. The van der Waals surface area contributed by atoms with Gasteiger partial charge in [0.15, 0.2) is 0 Å². The summed E-state index contributed by atoms with van der Waals surface area (Å²) in [5.41, 5.74) is 2.61. The van der Waals surface area contributed by atoms with E-state index in [0.29, 0.717) is 6.04 Å². The number of rotatable bonds is 4. The van der Waals surface area contributed by atoms with Gasteiger partial charge in [-0.25, -0.2) is 0 Å². The molecule has 21 heavy (non-hydrogen) atoms. The molecule has 0 saturated carbocycles. The molecule has 0 saturated heterocycles. The highest BCUT2D eigenvalue weighted by Crippen LogP contribution is 2.42. The maximum atomic E-state index is 6.27. The Hall–Kier alpha value is -1.32. The lowest BCUT2D eigenvalue weighted by Gasteiger charge is -2.32. The average molecular weight is 301 g/mol. The highest BCUT2D eigenvalue weighted by atomic mass is 32.1. The molecule has 1 aromatic heterocycles. The van der Waals surface area contributed by atoms with Gasteiger partial charge in [0.05, 0.1) is 0 Å². The average Bonchev–Trinajstić information content (AvgIpc) is 2.91. The van der Waals surface area contributed by atoms with Crippen molar-refractivity contribution in [3.63, 3.8) is 0 Å². The monoisotopic (exact) mass is 301 g/mol. The molecule has 0 amide bonds. The van der Waals surface area contributed by atoms with Gasteiger partial charge in [0.25, 0.3) is 0 Å². The van der Waals surface area contributed by atoms with Gasteiger partial charge in [0.1, 0.15) is 11.9 Å². The highest BCUT2D eigenvalue weighted by Gasteiger charge is 2.29. The standard InChI is InChI=1S/C18H23NOS/c1-4-9-19-15-11-17(18-8-6-13(3)21-18)20-16-7-5-12(2)10-14(15)16/h5-8,10,15,17,19H,4,9,11H2,1-3H3. The maximum Gasteiger partial charge on any atom is 0.135 e. The second-order valence-corrected chi connectivity index (χ2v) is 7.16. The summed E-state index contributed by atoms with van der Waals surface area (Å²) in [7, 11) is 0. The van der Waals surface area contributed by atoms with E-state index in [9.17, 15) is 0 Å². The van der Waals surface area contributed by atoms with Crippen LogP contribution in [0.25, 0.3) is 0 Å². The molecule has 0 radical (unpaired) electrons. The van der Waals surface area contributed by atoms with E-state index in [2.05, 4.69) is 56.4 Å². The molecule has 1 aliphatic rings. The second-order valence-electron chi connectivity index (χ2n) is 5.84. The minimum atomic E-state index is 0.174. The first-order valence-corrected chi connectivity index (χ1v) is 8.56. The Balaban J connectivity index is 1.90. The van der Waals surface area contributed by atoms with Gasteiger partial charge < -0.3 is 10.1 Å². The molecule has 2 unspecified atom stereocenters. The molecule has 3 heteroatoms. The van der Waals surface area contributed by atoms with Gasteiger partial charge in [0, 0.05) is 27.8 Å². The summed E-state index contributed by atoms with van der Waals surface area (Å²) >= 11 is 1.85. The number of benzene rings is 1. The Morgan fingerprint density at radius 2 is 2.10 bits per heavy atom. The molecular weight excluding hydrogens is 278 g/mol. The summed E-state index contributed by atoms with van der Waals surface area (Å²) in [5, 5.41) is 3.69. The van der Waals surface area contributed by atoms with Crippen molar-refractivity contribution in [1.82, 2.24) is 5.32 Å². The van der Waals surface area contributed by atoms with Gasteiger partial charge in [0.2, 0.25) is 0 Å². The lowest BCUT2D eigenvalue weighted by molar-refractivity contribution is 0.154. The van der Waals surface area contributed by atoms with Crippen molar-refractivity contribution in [2.24, 2.45) is 0 Å². The fourth-order valence-corrected chi connectivity index (χ4v) is 3.82. The van der Waals surface area contributed by atoms with E-state index < -0.39 is 0 Å². The molecule has 2 atom stereocenters.